The molecule has 0 spiro atoms. The molecule has 0 aliphatic rings. The van der Waals surface area contributed by atoms with Crippen LogP contribution in [0.4, 0.5) is 0 Å². The van der Waals surface area contributed by atoms with Crippen molar-refractivity contribution < 1.29 is 18.7 Å². The van der Waals surface area contributed by atoms with Crippen molar-refractivity contribution in [2.24, 2.45) is 0 Å². The van der Waals surface area contributed by atoms with E-state index in [0.29, 0.717) is 16.7 Å². The van der Waals surface area contributed by atoms with E-state index in [1.807, 2.05) is 72.8 Å². The van der Waals surface area contributed by atoms with Crippen molar-refractivity contribution in [3.8, 4) is 11.1 Å². The normalized spacial score (nSPS) is 11.7. The van der Waals surface area contributed by atoms with Gasteiger partial charge in [-0.3, -0.25) is 0 Å². The molecule has 2 aromatic heterocycles. The zero-order chi connectivity index (χ0) is 19.5. The summed E-state index contributed by atoms with van der Waals surface area (Å²) in [5, 5.41) is 13.6. The minimum Gasteiger partial charge on any atom is -0.478 e. The Bertz CT molecular complexity index is 1580. The quantitative estimate of drug-likeness (QED) is 0.358. The van der Waals surface area contributed by atoms with Crippen LogP contribution in [-0.2, 0) is 0 Å². The molecule has 0 fully saturated rings. The number of carbonyl (C=O) groups is 1. The number of hydrogen-bond acceptors (Lipinski definition) is 3. The van der Waals surface area contributed by atoms with Gasteiger partial charge in [-0.1, -0.05) is 48.5 Å². The first-order valence-electron chi connectivity index (χ1n) is 9.30. The van der Waals surface area contributed by atoms with Gasteiger partial charge in [-0.2, -0.15) is 0 Å². The molecule has 0 saturated heterocycles. The molecule has 2 heterocycles. The number of furan rings is 2. The lowest BCUT2D eigenvalue weighted by Gasteiger charge is -2.09. The van der Waals surface area contributed by atoms with E-state index in [1.165, 1.54) is 0 Å². The standard InChI is InChI=1S/C25H14O4/c26-25(27)18-13-12-15-14-6-1-3-9-19(14)29-24(15)23(18)17-8-5-11-21-22(17)16-7-2-4-10-20(16)28-21/h1-13H,(H,26,27). The monoisotopic (exact) mass is 378 g/mol. The van der Waals surface area contributed by atoms with E-state index in [9.17, 15) is 9.90 Å². The van der Waals surface area contributed by atoms with Gasteiger partial charge in [0.25, 0.3) is 0 Å². The second-order valence-electron chi connectivity index (χ2n) is 7.05. The zero-order valence-corrected chi connectivity index (χ0v) is 15.2. The maximum Gasteiger partial charge on any atom is 0.336 e. The van der Waals surface area contributed by atoms with Crippen molar-refractivity contribution in [3.63, 3.8) is 0 Å². The van der Waals surface area contributed by atoms with Gasteiger partial charge in [-0.05, 0) is 35.9 Å². The van der Waals surface area contributed by atoms with Crippen LogP contribution in [-0.4, -0.2) is 11.1 Å². The van der Waals surface area contributed by atoms with Gasteiger partial charge in [-0.25, -0.2) is 4.79 Å². The lowest BCUT2D eigenvalue weighted by Crippen LogP contribution is -2.00. The summed E-state index contributed by atoms with van der Waals surface area (Å²) in [6.07, 6.45) is 0. The summed E-state index contributed by atoms with van der Waals surface area (Å²) < 4.78 is 12.2. The summed E-state index contributed by atoms with van der Waals surface area (Å²) in [7, 11) is 0. The van der Waals surface area contributed by atoms with Crippen LogP contribution in [0, 0.1) is 0 Å². The molecule has 138 valence electrons. The van der Waals surface area contributed by atoms with Crippen molar-refractivity contribution in [2.45, 2.75) is 0 Å². The van der Waals surface area contributed by atoms with Crippen molar-refractivity contribution in [3.05, 3.63) is 84.4 Å². The average Bonchev–Trinajstić information content (AvgIpc) is 3.31. The Hall–Kier alpha value is -4.05. The van der Waals surface area contributed by atoms with Crippen LogP contribution in [0.2, 0.25) is 0 Å². The molecule has 6 rings (SSSR count). The van der Waals surface area contributed by atoms with E-state index >= 15 is 0 Å². The number of fused-ring (bicyclic) bond motifs is 6. The van der Waals surface area contributed by atoms with Gasteiger partial charge in [0.05, 0.1) is 5.56 Å². The molecule has 0 aliphatic heterocycles. The van der Waals surface area contributed by atoms with Crippen LogP contribution >= 0.6 is 0 Å². The fraction of sp³-hybridized carbons (Fsp3) is 0. The summed E-state index contributed by atoms with van der Waals surface area (Å²) in [4.78, 5) is 12.1. The number of carboxylic acid groups (broad SMARTS) is 1. The number of para-hydroxylation sites is 2. The maximum absolute atomic E-state index is 12.1. The Labute approximate surface area is 164 Å². The van der Waals surface area contributed by atoms with Gasteiger partial charge in [0.1, 0.15) is 22.3 Å². The lowest BCUT2D eigenvalue weighted by atomic mass is 9.93. The second-order valence-corrected chi connectivity index (χ2v) is 7.05. The Morgan fingerprint density at radius 2 is 1.34 bits per heavy atom. The van der Waals surface area contributed by atoms with E-state index < -0.39 is 5.97 Å². The highest BCUT2D eigenvalue weighted by molar-refractivity contribution is 6.20. The maximum atomic E-state index is 12.1. The minimum absolute atomic E-state index is 0.203. The van der Waals surface area contributed by atoms with E-state index in [1.54, 1.807) is 6.07 Å². The van der Waals surface area contributed by atoms with Crippen LogP contribution in [0.1, 0.15) is 10.4 Å². The SMILES string of the molecule is O=C(O)c1ccc2c(oc3ccccc32)c1-c1cccc2oc3ccccc3c12. The van der Waals surface area contributed by atoms with Crippen LogP contribution in [0.5, 0.6) is 0 Å². The first-order chi connectivity index (χ1) is 14.2. The zero-order valence-electron chi connectivity index (χ0n) is 15.2. The van der Waals surface area contributed by atoms with E-state index in [2.05, 4.69) is 0 Å². The van der Waals surface area contributed by atoms with Crippen molar-refractivity contribution in [1.82, 2.24) is 0 Å². The largest absolute Gasteiger partial charge is 0.478 e. The first kappa shape index (κ1) is 16.0. The third-order valence-corrected chi connectivity index (χ3v) is 5.45. The van der Waals surface area contributed by atoms with Crippen LogP contribution in [0.25, 0.3) is 55.0 Å². The highest BCUT2D eigenvalue weighted by Crippen LogP contribution is 2.43. The molecule has 29 heavy (non-hydrogen) atoms. The molecule has 4 aromatic carbocycles. The van der Waals surface area contributed by atoms with Crippen molar-refractivity contribution >= 4 is 49.8 Å². The van der Waals surface area contributed by atoms with E-state index in [0.717, 1.165) is 38.3 Å². The van der Waals surface area contributed by atoms with Gasteiger partial charge < -0.3 is 13.9 Å². The molecule has 0 amide bonds. The third kappa shape index (κ3) is 2.17. The van der Waals surface area contributed by atoms with Gasteiger partial charge in [-0.15, -0.1) is 0 Å². The van der Waals surface area contributed by atoms with Crippen molar-refractivity contribution in [1.29, 1.82) is 0 Å². The molecule has 0 bridgehead atoms. The Morgan fingerprint density at radius 1 is 0.655 bits per heavy atom. The fourth-order valence-electron chi connectivity index (χ4n) is 4.22. The predicted molar refractivity (Wildman–Crippen MR) is 113 cm³/mol. The average molecular weight is 378 g/mol. The minimum atomic E-state index is -0.993. The van der Waals surface area contributed by atoms with Crippen LogP contribution in [0.3, 0.4) is 0 Å². The molecule has 1 N–H and O–H groups in total. The number of aromatic carboxylic acids is 1. The fourth-order valence-corrected chi connectivity index (χ4v) is 4.22. The molecular weight excluding hydrogens is 364 g/mol. The molecule has 0 unspecified atom stereocenters. The second kappa shape index (κ2) is 5.72. The molecular formula is C25H14O4. The molecule has 0 atom stereocenters. The lowest BCUT2D eigenvalue weighted by molar-refractivity contribution is 0.0697. The Balaban J connectivity index is 1.84. The summed E-state index contributed by atoms with van der Waals surface area (Å²) >= 11 is 0. The first-order valence-corrected chi connectivity index (χ1v) is 9.30. The molecule has 0 radical (unpaired) electrons. The van der Waals surface area contributed by atoms with E-state index in [-0.39, 0.29) is 5.56 Å². The van der Waals surface area contributed by atoms with Crippen LogP contribution < -0.4 is 0 Å². The summed E-state index contributed by atoms with van der Waals surface area (Å²) in [6.45, 7) is 0. The summed E-state index contributed by atoms with van der Waals surface area (Å²) in [6, 6.07) is 24.7. The summed E-state index contributed by atoms with van der Waals surface area (Å²) in [5.74, 6) is -0.993. The molecule has 6 aromatic rings. The molecule has 4 heteroatoms. The number of hydrogen-bond donors (Lipinski definition) is 1. The molecule has 0 saturated carbocycles. The van der Waals surface area contributed by atoms with Crippen LogP contribution in [0.15, 0.2) is 87.7 Å². The smallest absolute Gasteiger partial charge is 0.336 e. The van der Waals surface area contributed by atoms with E-state index in [4.69, 9.17) is 8.83 Å². The van der Waals surface area contributed by atoms with Crippen molar-refractivity contribution in [2.75, 3.05) is 0 Å². The van der Waals surface area contributed by atoms with Gasteiger partial charge in [0, 0.05) is 27.1 Å². The number of carboxylic acids is 1. The summed E-state index contributed by atoms with van der Waals surface area (Å²) in [5.41, 5.74) is 4.35. The molecule has 0 aliphatic carbocycles. The third-order valence-electron chi connectivity index (χ3n) is 5.45. The molecule has 4 nitrogen and oxygen atoms in total. The number of benzene rings is 4. The predicted octanol–water partition coefficient (Wildman–Crippen LogP) is 6.85. The Kier molecular flexibility index (Phi) is 3.15. The topological polar surface area (TPSA) is 63.6 Å². The highest BCUT2D eigenvalue weighted by Gasteiger charge is 2.23. The van der Waals surface area contributed by atoms with Gasteiger partial charge >= 0.3 is 5.97 Å². The van der Waals surface area contributed by atoms with Gasteiger partial charge in [0.15, 0.2) is 0 Å². The van der Waals surface area contributed by atoms with Gasteiger partial charge in [0.2, 0.25) is 0 Å². The Morgan fingerprint density at radius 3 is 2.14 bits per heavy atom. The highest BCUT2D eigenvalue weighted by atomic mass is 16.4. The number of rotatable bonds is 2.